The lowest BCUT2D eigenvalue weighted by Crippen LogP contribution is -2.32. The van der Waals surface area contributed by atoms with E-state index >= 15 is 0 Å². The first-order valence-corrected chi connectivity index (χ1v) is 10.4. The third-order valence-corrected chi connectivity index (χ3v) is 5.22. The van der Waals surface area contributed by atoms with Crippen LogP contribution in [-0.4, -0.2) is 22.0 Å². The number of nitrogens with zero attached hydrogens (tertiary/aromatic N) is 2. The molecule has 1 amide bonds. The first kappa shape index (κ1) is 20.5. The van der Waals surface area contributed by atoms with Crippen molar-refractivity contribution in [3.63, 3.8) is 0 Å². The van der Waals surface area contributed by atoms with E-state index < -0.39 is 0 Å². The molecule has 0 saturated heterocycles. The van der Waals surface area contributed by atoms with E-state index in [4.69, 9.17) is 4.98 Å². The van der Waals surface area contributed by atoms with E-state index in [2.05, 4.69) is 48.9 Å². The molecule has 1 heterocycles. The lowest BCUT2D eigenvalue weighted by molar-refractivity contribution is -0.125. The standard InChI is InChI=1S/C22H35N3O/c1-4-7-8-9-12-17-25-20-14-11-10-13-19(20)24-21(25)15-16-23-22(26)18(5-2)6-3/h10-11,13-14,18H,4-9,12,15-17H2,1-3H3,(H,23,26). The number of carbonyl (C=O) groups excluding carboxylic acids is 1. The number of para-hydroxylation sites is 2. The molecule has 0 saturated carbocycles. The maximum Gasteiger partial charge on any atom is 0.223 e. The van der Waals surface area contributed by atoms with Crippen molar-refractivity contribution in [1.29, 1.82) is 0 Å². The summed E-state index contributed by atoms with van der Waals surface area (Å²) in [5.74, 6) is 1.40. The fourth-order valence-corrected chi connectivity index (χ4v) is 3.54. The molecule has 0 atom stereocenters. The first-order valence-electron chi connectivity index (χ1n) is 10.4. The summed E-state index contributed by atoms with van der Waals surface area (Å²) >= 11 is 0. The van der Waals surface area contributed by atoms with E-state index in [1.54, 1.807) is 0 Å². The van der Waals surface area contributed by atoms with E-state index in [1.165, 1.54) is 37.6 Å². The van der Waals surface area contributed by atoms with Crippen molar-refractivity contribution in [1.82, 2.24) is 14.9 Å². The second-order valence-corrected chi connectivity index (χ2v) is 7.14. The lowest BCUT2D eigenvalue weighted by atomic mass is 10.0. The van der Waals surface area contributed by atoms with Crippen LogP contribution in [0.3, 0.4) is 0 Å². The van der Waals surface area contributed by atoms with E-state index in [0.717, 1.165) is 37.1 Å². The maximum absolute atomic E-state index is 12.2. The average molecular weight is 358 g/mol. The summed E-state index contributed by atoms with van der Waals surface area (Å²) in [5.41, 5.74) is 2.27. The van der Waals surface area contributed by atoms with Crippen LogP contribution in [0.15, 0.2) is 24.3 Å². The van der Waals surface area contributed by atoms with Crippen LogP contribution in [0, 0.1) is 5.92 Å². The summed E-state index contributed by atoms with van der Waals surface area (Å²) < 4.78 is 2.35. The van der Waals surface area contributed by atoms with Crippen molar-refractivity contribution in [2.24, 2.45) is 5.92 Å². The highest BCUT2D eigenvalue weighted by atomic mass is 16.1. The summed E-state index contributed by atoms with van der Waals surface area (Å²) in [5, 5.41) is 3.10. The summed E-state index contributed by atoms with van der Waals surface area (Å²) in [7, 11) is 0. The van der Waals surface area contributed by atoms with E-state index in [9.17, 15) is 4.79 Å². The van der Waals surface area contributed by atoms with Gasteiger partial charge in [-0.1, -0.05) is 58.6 Å². The van der Waals surface area contributed by atoms with Crippen molar-refractivity contribution in [3.05, 3.63) is 30.1 Å². The van der Waals surface area contributed by atoms with Crippen LogP contribution in [0.4, 0.5) is 0 Å². The Labute approximate surface area is 158 Å². The van der Waals surface area contributed by atoms with Gasteiger partial charge in [-0.05, 0) is 31.4 Å². The molecule has 1 aromatic carbocycles. The molecule has 2 aromatic rings. The molecular weight excluding hydrogens is 322 g/mol. The highest BCUT2D eigenvalue weighted by Crippen LogP contribution is 2.18. The van der Waals surface area contributed by atoms with Crippen molar-refractivity contribution >= 4 is 16.9 Å². The minimum absolute atomic E-state index is 0.132. The van der Waals surface area contributed by atoms with Gasteiger partial charge in [-0.15, -0.1) is 0 Å². The van der Waals surface area contributed by atoms with Crippen LogP contribution in [0.1, 0.15) is 71.5 Å². The number of rotatable bonds is 12. The number of aryl methyl sites for hydroxylation is 1. The molecule has 0 unspecified atom stereocenters. The van der Waals surface area contributed by atoms with Gasteiger partial charge in [0.25, 0.3) is 0 Å². The number of aromatic nitrogens is 2. The Hall–Kier alpha value is -1.84. The Morgan fingerprint density at radius 1 is 1.08 bits per heavy atom. The van der Waals surface area contributed by atoms with Crippen molar-refractivity contribution < 1.29 is 4.79 Å². The fraction of sp³-hybridized carbons (Fsp3) is 0.636. The largest absolute Gasteiger partial charge is 0.355 e. The fourth-order valence-electron chi connectivity index (χ4n) is 3.54. The van der Waals surface area contributed by atoms with Crippen LogP contribution in [0.25, 0.3) is 11.0 Å². The van der Waals surface area contributed by atoms with E-state index in [1.807, 2.05) is 6.07 Å². The second kappa shape index (κ2) is 11.0. The van der Waals surface area contributed by atoms with Crippen LogP contribution in [-0.2, 0) is 17.8 Å². The van der Waals surface area contributed by atoms with Gasteiger partial charge in [-0.2, -0.15) is 0 Å². The quantitative estimate of drug-likeness (QED) is 0.537. The number of carbonyl (C=O) groups is 1. The zero-order chi connectivity index (χ0) is 18.8. The van der Waals surface area contributed by atoms with Crippen LogP contribution in [0.5, 0.6) is 0 Å². The van der Waals surface area contributed by atoms with E-state index in [0.29, 0.717) is 6.54 Å². The zero-order valence-corrected chi connectivity index (χ0v) is 16.8. The molecule has 0 radical (unpaired) electrons. The molecule has 0 aliphatic heterocycles. The Balaban J connectivity index is 1.99. The smallest absolute Gasteiger partial charge is 0.223 e. The highest BCUT2D eigenvalue weighted by Gasteiger charge is 2.14. The molecule has 4 nitrogen and oxygen atoms in total. The molecule has 0 bridgehead atoms. The van der Waals surface area contributed by atoms with Gasteiger partial charge < -0.3 is 9.88 Å². The Kier molecular flexibility index (Phi) is 8.66. The van der Waals surface area contributed by atoms with Gasteiger partial charge in [-0.25, -0.2) is 4.98 Å². The minimum Gasteiger partial charge on any atom is -0.355 e. The van der Waals surface area contributed by atoms with Gasteiger partial charge in [0.1, 0.15) is 5.82 Å². The molecule has 0 aliphatic carbocycles. The molecule has 0 fully saturated rings. The number of benzene rings is 1. The molecule has 1 aromatic heterocycles. The SMILES string of the molecule is CCCCCCCn1c(CCNC(=O)C(CC)CC)nc2ccccc21. The number of amides is 1. The molecule has 0 spiro atoms. The summed E-state index contributed by atoms with van der Waals surface area (Å²) in [6.07, 6.45) is 8.95. The first-order chi connectivity index (χ1) is 12.7. The number of fused-ring (bicyclic) bond motifs is 1. The van der Waals surface area contributed by atoms with Crippen molar-refractivity contribution in [2.75, 3.05) is 6.54 Å². The van der Waals surface area contributed by atoms with Crippen LogP contribution >= 0.6 is 0 Å². The topological polar surface area (TPSA) is 46.9 Å². The number of imidazole rings is 1. The Bertz CT molecular complexity index is 673. The molecular formula is C22H35N3O. The number of hydrogen-bond donors (Lipinski definition) is 1. The molecule has 26 heavy (non-hydrogen) atoms. The Morgan fingerprint density at radius 3 is 2.54 bits per heavy atom. The normalized spacial score (nSPS) is 11.4. The third-order valence-electron chi connectivity index (χ3n) is 5.22. The molecule has 2 rings (SSSR count). The summed E-state index contributed by atoms with van der Waals surface area (Å²) in [6.45, 7) is 8.07. The zero-order valence-electron chi connectivity index (χ0n) is 16.8. The highest BCUT2D eigenvalue weighted by molar-refractivity contribution is 5.78. The lowest BCUT2D eigenvalue weighted by Gasteiger charge is -2.13. The molecule has 4 heteroatoms. The van der Waals surface area contributed by atoms with Gasteiger partial charge >= 0.3 is 0 Å². The summed E-state index contributed by atoms with van der Waals surface area (Å²) in [6, 6.07) is 8.35. The number of nitrogens with one attached hydrogen (secondary N) is 1. The van der Waals surface area contributed by atoms with E-state index in [-0.39, 0.29) is 11.8 Å². The minimum atomic E-state index is 0.132. The predicted molar refractivity (Wildman–Crippen MR) is 109 cm³/mol. The predicted octanol–water partition coefficient (Wildman–Crippen LogP) is 5.10. The summed E-state index contributed by atoms with van der Waals surface area (Å²) in [4.78, 5) is 17.0. The molecule has 144 valence electrons. The number of hydrogen-bond acceptors (Lipinski definition) is 2. The van der Waals surface area contributed by atoms with Gasteiger partial charge in [0.05, 0.1) is 11.0 Å². The monoisotopic (exact) mass is 357 g/mol. The van der Waals surface area contributed by atoms with Gasteiger partial charge in [0.2, 0.25) is 5.91 Å². The van der Waals surface area contributed by atoms with Crippen LogP contribution < -0.4 is 5.32 Å². The third kappa shape index (κ3) is 5.58. The van der Waals surface area contributed by atoms with Gasteiger partial charge in [0.15, 0.2) is 0 Å². The van der Waals surface area contributed by atoms with Gasteiger partial charge in [0, 0.05) is 25.4 Å². The average Bonchev–Trinajstić information content (AvgIpc) is 3.00. The van der Waals surface area contributed by atoms with Gasteiger partial charge in [-0.3, -0.25) is 4.79 Å². The van der Waals surface area contributed by atoms with Crippen LogP contribution in [0.2, 0.25) is 0 Å². The Morgan fingerprint density at radius 2 is 1.81 bits per heavy atom. The number of unbranched alkanes of at least 4 members (excludes halogenated alkanes) is 4. The molecule has 0 aliphatic rings. The van der Waals surface area contributed by atoms with Crippen molar-refractivity contribution in [3.8, 4) is 0 Å². The van der Waals surface area contributed by atoms with Crippen molar-refractivity contribution in [2.45, 2.75) is 78.7 Å². The molecule has 1 N–H and O–H groups in total. The second-order valence-electron chi connectivity index (χ2n) is 7.14. The maximum atomic E-state index is 12.2.